The molecule has 2 aromatic carbocycles. The molecule has 1 atom stereocenters. The summed E-state index contributed by atoms with van der Waals surface area (Å²) in [6.07, 6.45) is 4.84. The van der Waals surface area contributed by atoms with E-state index in [2.05, 4.69) is 78.2 Å². The summed E-state index contributed by atoms with van der Waals surface area (Å²) in [5.41, 5.74) is 2.85. The van der Waals surface area contributed by atoms with Gasteiger partial charge in [-0.05, 0) is 49.9 Å². The van der Waals surface area contributed by atoms with Crippen LogP contribution >= 0.6 is 0 Å². The summed E-state index contributed by atoms with van der Waals surface area (Å²) < 4.78 is 0. The maximum Gasteiger partial charge on any atom is 0.0104 e. The third-order valence-corrected chi connectivity index (χ3v) is 5.23. The Bertz CT molecular complexity index is 536. The third-order valence-electron chi connectivity index (χ3n) is 5.23. The summed E-state index contributed by atoms with van der Waals surface area (Å²) in [5.74, 6) is 0.464. The van der Waals surface area contributed by atoms with E-state index in [9.17, 15) is 0 Å². The van der Waals surface area contributed by atoms with Crippen molar-refractivity contribution in [3.8, 4) is 0 Å². The lowest BCUT2D eigenvalue weighted by molar-refractivity contribution is 0.327. The lowest BCUT2D eigenvalue weighted by Gasteiger charge is -2.31. The predicted octanol–water partition coefficient (Wildman–Crippen LogP) is 4.33. The molecule has 0 bridgehead atoms. The second-order valence-electron chi connectivity index (χ2n) is 6.91. The quantitative estimate of drug-likeness (QED) is 0.793. The van der Waals surface area contributed by atoms with Crippen LogP contribution < -0.4 is 10.6 Å². The monoisotopic (exact) mass is 322 g/mol. The van der Waals surface area contributed by atoms with E-state index in [-0.39, 0.29) is 0 Å². The van der Waals surface area contributed by atoms with Crippen molar-refractivity contribution in [3.05, 3.63) is 71.8 Å². The van der Waals surface area contributed by atoms with Crippen molar-refractivity contribution in [2.24, 2.45) is 0 Å². The molecule has 128 valence electrons. The van der Waals surface area contributed by atoms with E-state index in [0.29, 0.717) is 18.0 Å². The summed E-state index contributed by atoms with van der Waals surface area (Å²) in [4.78, 5) is 0. The molecular formula is C22H30N2. The highest BCUT2D eigenvalue weighted by molar-refractivity contribution is 5.32. The Morgan fingerprint density at radius 2 is 1.46 bits per heavy atom. The van der Waals surface area contributed by atoms with Crippen LogP contribution in [0.5, 0.6) is 0 Å². The van der Waals surface area contributed by atoms with Crippen LogP contribution in [-0.2, 0) is 0 Å². The zero-order valence-electron chi connectivity index (χ0n) is 14.7. The number of piperidine rings is 1. The topological polar surface area (TPSA) is 24.1 Å². The molecule has 1 heterocycles. The molecule has 2 heteroatoms. The third kappa shape index (κ3) is 4.68. The highest BCUT2D eigenvalue weighted by Gasteiger charge is 2.22. The molecule has 2 aromatic rings. The molecule has 3 rings (SSSR count). The largest absolute Gasteiger partial charge is 0.317 e. The molecule has 1 unspecified atom stereocenters. The van der Waals surface area contributed by atoms with Gasteiger partial charge in [0.25, 0.3) is 0 Å². The molecule has 1 aliphatic heterocycles. The second-order valence-corrected chi connectivity index (χ2v) is 6.91. The summed E-state index contributed by atoms with van der Waals surface area (Å²) in [6.45, 7) is 4.61. The van der Waals surface area contributed by atoms with Crippen LogP contribution in [0.1, 0.15) is 49.7 Å². The van der Waals surface area contributed by atoms with Crippen molar-refractivity contribution in [2.75, 3.05) is 13.1 Å². The van der Waals surface area contributed by atoms with E-state index in [1.807, 2.05) is 0 Å². The van der Waals surface area contributed by atoms with Crippen molar-refractivity contribution in [1.82, 2.24) is 10.6 Å². The Morgan fingerprint density at radius 1 is 0.917 bits per heavy atom. The SMILES string of the molecule is CCC(CC(c1ccccc1)c1ccccc1)NC1CCNCC1. The van der Waals surface area contributed by atoms with Gasteiger partial charge in [-0.15, -0.1) is 0 Å². The minimum absolute atomic E-state index is 0.464. The summed E-state index contributed by atoms with van der Waals surface area (Å²) >= 11 is 0. The van der Waals surface area contributed by atoms with Crippen molar-refractivity contribution >= 4 is 0 Å². The van der Waals surface area contributed by atoms with Gasteiger partial charge in [0.1, 0.15) is 0 Å². The smallest absolute Gasteiger partial charge is 0.0104 e. The van der Waals surface area contributed by atoms with Crippen LogP contribution in [0.25, 0.3) is 0 Å². The first-order chi connectivity index (χ1) is 11.9. The highest BCUT2D eigenvalue weighted by Crippen LogP contribution is 2.30. The van der Waals surface area contributed by atoms with Gasteiger partial charge < -0.3 is 10.6 Å². The number of rotatable bonds is 7. The summed E-state index contributed by atoms with van der Waals surface area (Å²) in [5, 5.41) is 7.39. The van der Waals surface area contributed by atoms with E-state index in [4.69, 9.17) is 0 Å². The molecule has 2 nitrogen and oxygen atoms in total. The predicted molar refractivity (Wildman–Crippen MR) is 102 cm³/mol. The molecule has 0 radical (unpaired) electrons. The van der Waals surface area contributed by atoms with Crippen LogP contribution in [0.15, 0.2) is 60.7 Å². The van der Waals surface area contributed by atoms with Gasteiger partial charge >= 0.3 is 0 Å². The van der Waals surface area contributed by atoms with Gasteiger partial charge in [0.15, 0.2) is 0 Å². The fourth-order valence-electron chi connectivity index (χ4n) is 3.79. The van der Waals surface area contributed by atoms with Gasteiger partial charge in [-0.25, -0.2) is 0 Å². The van der Waals surface area contributed by atoms with E-state index in [1.165, 1.54) is 30.4 Å². The number of hydrogen-bond acceptors (Lipinski definition) is 2. The molecule has 0 amide bonds. The van der Waals surface area contributed by atoms with Gasteiger partial charge in [-0.3, -0.25) is 0 Å². The Balaban J connectivity index is 1.75. The molecule has 0 aliphatic carbocycles. The van der Waals surface area contributed by atoms with Crippen molar-refractivity contribution in [2.45, 2.75) is 50.6 Å². The standard InChI is InChI=1S/C22H30N2/c1-2-20(24-21-13-15-23-16-14-21)17-22(18-9-5-3-6-10-18)19-11-7-4-8-12-19/h3-12,20-24H,2,13-17H2,1H3. The molecule has 2 N–H and O–H groups in total. The van der Waals surface area contributed by atoms with Crippen LogP contribution in [0.3, 0.4) is 0 Å². The molecule has 1 fully saturated rings. The van der Waals surface area contributed by atoms with Crippen LogP contribution in [0, 0.1) is 0 Å². The van der Waals surface area contributed by atoms with Gasteiger partial charge in [-0.2, -0.15) is 0 Å². The van der Waals surface area contributed by atoms with Gasteiger partial charge in [0.05, 0.1) is 0 Å². The van der Waals surface area contributed by atoms with Crippen molar-refractivity contribution in [1.29, 1.82) is 0 Å². The molecule has 24 heavy (non-hydrogen) atoms. The summed E-state index contributed by atoms with van der Waals surface area (Å²) in [7, 11) is 0. The second kappa shape index (κ2) is 9.00. The molecule has 1 aliphatic rings. The van der Waals surface area contributed by atoms with Gasteiger partial charge in [0.2, 0.25) is 0 Å². The Kier molecular flexibility index (Phi) is 6.45. The Labute approximate surface area is 146 Å². The number of hydrogen-bond donors (Lipinski definition) is 2. The summed E-state index contributed by atoms with van der Waals surface area (Å²) in [6, 6.07) is 23.2. The minimum atomic E-state index is 0.464. The lowest BCUT2D eigenvalue weighted by Crippen LogP contribution is -2.45. The zero-order valence-corrected chi connectivity index (χ0v) is 14.7. The normalized spacial score (nSPS) is 17.1. The number of nitrogens with one attached hydrogen (secondary N) is 2. The average Bonchev–Trinajstić information content (AvgIpc) is 2.67. The first kappa shape index (κ1) is 17.2. The van der Waals surface area contributed by atoms with Crippen molar-refractivity contribution in [3.63, 3.8) is 0 Å². The first-order valence-corrected chi connectivity index (χ1v) is 9.43. The van der Waals surface area contributed by atoms with E-state index < -0.39 is 0 Å². The highest BCUT2D eigenvalue weighted by atomic mass is 15.0. The Hall–Kier alpha value is -1.64. The van der Waals surface area contributed by atoms with Crippen LogP contribution in [0.4, 0.5) is 0 Å². The van der Waals surface area contributed by atoms with Gasteiger partial charge in [0, 0.05) is 18.0 Å². The molecular weight excluding hydrogens is 292 g/mol. The maximum absolute atomic E-state index is 3.94. The fourth-order valence-corrected chi connectivity index (χ4v) is 3.79. The average molecular weight is 322 g/mol. The molecule has 0 spiro atoms. The fraction of sp³-hybridized carbons (Fsp3) is 0.455. The van der Waals surface area contributed by atoms with Crippen LogP contribution in [0.2, 0.25) is 0 Å². The van der Waals surface area contributed by atoms with Crippen LogP contribution in [-0.4, -0.2) is 25.2 Å². The molecule has 1 saturated heterocycles. The molecule has 0 saturated carbocycles. The zero-order chi connectivity index (χ0) is 16.6. The van der Waals surface area contributed by atoms with E-state index >= 15 is 0 Å². The lowest BCUT2D eigenvalue weighted by atomic mass is 9.85. The Morgan fingerprint density at radius 3 is 1.96 bits per heavy atom. The molecule has 0 aromatic heterocycles. The first-order valence-electron chi connectivity index (χ1n) is 9.43. The van der Waals surface area contributed by atoms with E-state index in [0.717, 1.165) is 19.5 Å². The van der Waals surface area contributed by atoms with Crippen molar-refractivity contribution < 1.29 is 0 Å². The minimum Gasteiger partial charge on any atom is -0.317 e. The number of benzene rings is 2. The maximum atomic E-state index is 3.94. The van der Waals surface area contributed by atoms with E-state index in [1.54, 1.807) is 0 Å². The van der Waals surface area contributed by atoms with Gasteiger partial charge in [-0.1, -0.05) is 67.6 Å².